The first-order valence-corrected chi connectivity index (χ1v) is 14.4. The molecule has 0 aromatic rings. The molecule has 0 saturated carbocycles. The van der Waals surface area contributed by atoms with E-state index in [1.165, 1.54) is 6.92 Å². The fourth-order valence-corrected chi connectivity index (χ4v) is 5.49. The maximum atomic E-state index is 12.2. The second-order valence-electron chi connectivity index (χ2n) is 10.3. The second kappa shape index (κ2) is 14.6. The number of aliphatic hydroxyl groups excluding tert-OH is 7. The normalized spacial score (nSPS) is 44.0. The number of hydrogen-bond donors (Lipinski definition) is 10. The van der Waals surface area contributed by atoms with Crippen LogP contribution in [0.1, 0.15) is 20.8 Å². The van der Waals surface area contributed by atoms with Crippen LogP contribution >= 0.6 is 0 Å². The largest absolute Gasteiger partial charge is 0.397 e. The van der Waals surface area contributed by atoms with Crippen molar-refractivity contribution in [2.24, 2.45) is 0 Å². The molecular weight excluding hydrogens is 612 g/mol. The zero-order valence-electron chi connectivity index (χ0n) is 23.1. The summed E-state index contributed by atoms with van der Waals surface area (Å²) in [7, 11) is -5.26. The van der Waals surface area contributed by atoms with Gasteiger partial charge in [-0.1, -0.05) is 0 Å². The van der Waals surface area contributed by atoms with Gasteiger partial charge in [0.1, 0.15) is 67.1 Å². The molecule has 0 aromatic carbocycles. The van der Waals surface area contributed by atoms with Crippen LogP contribution in [0.2, 0.25) is 0 Å². The quantitative estimate of drug-likeness (QED) is 0.0983. The molecule has 0 aliphatic carbocycles. The molecule has 3 heterocycles. The van der Waals surface area contributed by atoms with E-state index in [2.05, 4.69) is 14.8 Å². The monoisotopic (exact) mass is 650 g/mol. The summed E-state index contributed by atoms with van der Waals surface area (Å²) >= 11 is 0. The highest BCUT2D eigenvalue weighted by Gasteiger charge is 2.55. The lowest BCUT2D eigenvalue weighted by Crippen LogP contribution is -2.71. The molecule has 3 aliphatic rings. The molecule has 10 N–H and O–H groups in total. The van der Waals surface area contributed by atoms with Crippen molar-refractivity contribution in [3.05, 3.63) is 0 Å². The zero-order valence-corrected chi connectivity index (χ0v) is 24.0. The molecule has 2 amide bonds. The minimum Gasteiger partial charge on any atom is -0.394 e. The van der Waals surface area contributed by atoms with Gasteiger partial charge in [0.2, 0.25) is 11.8 Å². The number of ether oxygens (including phenoxy) is 5. The Bertz CT molecular complexity index is 1070. The number of carbonyl (C=O) groups is 2. The molecule has 15 atom stereocenters. The summed E-state index contributed by atoms with van der Waals surface area (Å²) in [6.45, 7) is 1.75. The summed E-state index contributed by atoms with van der Waals surface area (Å²) < 4.78 is 64.7. The summed E-state index contributed by atoms with van der Waals surface area (Å²) in [5.41, 5.74) is 0. The van der Waals surface area contributed by atoms with Crippen LogP contribution in [-0.2, 0) is 47.9 Å². The van der Waals surface area contributed by atoms with Crippen molar-refractivity contribution >= 4 is 22.2 Å². The Balaban J connectivity index is 2.03. The molecule has 250 valence electrons. The van der Waals surface area contributed by atoms with Gasteiger partial charge in [-0.2, -0.15) is 8.42 Å². The highest BCUT2D eigenvalue weighted by molar-refractivity contribution is 7.80. The molecule has 43 heavy (non-hydrogen) atoms. The van der Waals surface area contributed by atoms with Gasteiger partial charge < -0.3 is 70.1 Å². The molecule has 3 rings (SSSR count). The van der Waals surface area contributed by atoms with Crippen molar-refractivity contribution in [2.75, 3.05) is 13.2 Å². The Morgan fingerprint density at radius 3 is 1.81 bits per heavy atom. The second-order valence-corrected chi connectivity index (χ2v) is 11.3. The maximum Gasteiger partial charge on any atom is 0.397 e. The minimum atomic E-state index is -5.26. The number of aliphatic hydroxyl groups is 7. The average Bonchev–Trinajstić information content (AvgIpc) is 2.91. The Labute approximate surface area is 245 Å². The van der Waals surface area contributed by atoms with Gasteiger partial charge >= 0.3 is 10.4 Å². The highest BCUT2D eigenvalue weighted by atomic mass is 32.3. The third-order valence-electron chi connectivity index (χ3n) is 7.03. The number of nitrogens with one attached hydrogen (secondary N) is 2. The molecule has 20 nitrogen and oxygen atoms in total. The standard InChI is InChI=1S/C22H38N2O18S/c1-6-12(29)14(31)15(32)21(37-6)41-18-11(23-7(2)27)20(24-8(3)28)38-10(5-26)17(18)40-22-16(33)19(42-43(34,35)36)13(30)9(4-25)39-22/h6,9-22,25-26,29-33H,4-5H2,1-3H3,(H,23,27)(H,24,28)(H,34,35,36)/t6-,9+,10+,11+,12+,13-,14+,15-,16+,17+,18+,19-,20+,21-,22-/m0/s1. The van der Waals surface area contributed by atoms with Crippen molar-refractivity contribution in [1.82, 2.24) is 10.6 Å². The van der Waals surface area contributed by atoms with Crippen LogP contribution in [0.15, 0.2) is 0 Å². The Morgan fingerprint density at radius 1 is 0.721 bits per heavy atom. The van der Waals surface area contributed by atoms with Crippen LogP contribution in [-0.4, -0.2) is 166 Å². The molecule has 3 fully saturated rings. The molecule has 0 bridgehead atoms. The first-order chi connectivity index (χ1) is 20.0. The van der Waals surface area contributed by atoms with Crippen LogP contribution < -0.4 is 10.6 Å². The van der Waals surface area contributed by atoms with Gasteiger partial charge in [0.25, 0.3) is 0 Å². The van der Waals surface area contributed by atoms with Crippen molar-refractivity contribution in [3.8, 4) is 0 Å². The van der Waals surface area contributed by atoms with Gasteiger partial charge in [-0.25, -0.2) is 4.18 Å². The van der Waals surface area contributed by atoms with Gasteiger partial charge in [0.05, 0.1) is 19.3 Å². The molecule has 3 saturated heterocycles. The van der Waals surface area contributed by atoms with E-state index in [0.29, 0.717) is 0 Å². The molecule has 0 radical (unpaired) electrons. The zero-order chi connectivity index (χ0) is 32.4. The highest BCUT2D eigenvalue weighted by Crippen LogP contribution is 2.33. The van der Waals surface area contributed by atoms with E-state index < -0.39 is 127 Å². The van der Waals surface area contributed by atoms with E-state index in [-0.39, 0.29) is 0 Å². The summed E-state index contributed by atoms with van der Waals surface area (Å²) in [4.78, 5) is 24.1. The molecule has 0 unspecified atom stereocenters. The van der Waals surface area contributed by atoms with E-state index in [1.807, 2.05) is 0 Å². The van der Waals surface area contributed by atoms with Gasteiger partial charge in [0, 0.05) is 13.8 Å². The van der Waals surface area contributed by atoms with Gasteiger partial charge in [-0.05, 0) is 6.92 Å². The van der Waals surface area contributed by atoms with Crippen LogP contribution in [0.4, 0.5) is 0 Å². The van der Waals surface area contributed by atoms with Crippen LogP contribution in [0.5, 0.6) is 0 Å². The number of carbonyl (C=O) groups excluding carboxylic acids is 2. The van der Waals surface area contributed by atoms with Crippen molar-refractivity contribution in [3.63, 3.8) is 0 Å². The SMILES string of the molecule is CC(=O)N[C@@H]1[C@@H](O[C@@H]2O[C@@H](C)[C@@H](O)[C@@H](O)[C@@H]2O)[C@H](O[C@@H]2O[C@H](CO)[C@H](O)[C@H](OS(=O)(=O)O)[C@H]2O)[C@@H](CO)O[C@H]1NC(C)=O. The summed E-state index contributed by atoms with van der Waals surface area (Å²) in [6.07, 6.45) is -24.1. The van der Waals surface area contributed by atoms with E-state index in [1.54, 1.807) is 0 Å². The summed E-state index contributed by atoms with van der Waals surface area (Å²) in [6, 6.07) is -1.41. The molecule has 3 aliphatic heterocycles. The van der Waals surface area contributed by atoms with Gasteiger partial charge in [-0.15, -0.1) is 0 Å². The van der Waals surface area contributed by atoms with Crippen molar-refractivity contribution in [2.45, 2.75) is 113 Å². The van der Waals surface area contributed by atoms with E-state index in [4.69, 9.17) is 28.2 Å². The van der Waals surface area contributed by atoms with E-state index in [9.17, 15) is 53.8 Å². The third kappa shape index (κ3) is 8.53. The molecular formula is C22H38N2O18S. The molecule has 0 aromatic heterocycles. The van der Waals surface area contributed by atoms with Crippen LogP contribution in [0.3, 0.4) is 0 Å². The minimum absolute atomic E-state index is 0.646. The number of rotatable bonds is 10. The van der Waals surface area contributed by atoms with Crippen molar-refractivity contribution in [1.29, 1.82) is 0 Å². The summed E-state index contributed by atoms with van der Waals surface area (Å²) in [5.74, 6) is -1.33. The lowest BCUT2D eigenvalue weighted by atomic mass is 9.93. The predicted molar refractivity (Wildman–Crippen MR) is 133 cm³/mol. The fraction of sp³-hybridized carbons (Fsp3) is 0.909. The van der Waals surface area contributed by atoms with Gasteiger partial charge in [-0.3, -0.25) is 14.1 Å². The lowest BCUT2D eigenvalue weighted by Gasteiger charge is -2.50. The Morgan fingerprint density at radius 2 is 1.28 bits per heavy atom. The summed E-state index contributed by atoms with van der Waals surface area (Å²) in [5, 5.41) is 76.8. The topological polar surface area (TPSA) is 310 Å². The Hall–Kier alpha value is -1.67. The predicted octanol–water partition coefficient (Wildman–Crippen LogP) is -6.43. The lowest BCUT2D eigenvalue weighted by molar-refractivity contribution is -0.360. The van der Waals surface area contributed by atoms with Crippen LogP contribution in [0, 0.1) is 0 Å². The molecule has 0 spiro atoms. The Kier molecular flexibility index (Phi) is 12.2. The maximum absolute atomic E-state index is 12.2. The number of amides is 2. The smallest absolute Gasteiger partial charge is 0.394 e. The fourth-order valence-electron chi connectivity index (χ4n) is 4.98. The first kappa shape index (κ1) is 35.8. The van der Waals surface area contributed by atoms with Crippen LogP contribution in [0.25, 0.3) is 0 Å². The van der Waals surface area contributed by atoms with Crippen molar-refractivity contribution < 1.29 is 86.2 Å². The van der Waals surface area contributed by atoms with Gasteiger partial charge in [0.15, 0.2) is 18.8 Å². The average molecular weight is 651 g/mol. The third-order valence-corrected chi connectivity index (χ3v) is 7.50. The first-order valence-electron chi connectivity index (χ1n) is 13.1. The van der Waals surface area contributed by atoms with E-state index >= 15 is 0 Å². The number of hydrogen-bond acceptors (Lipinski definition) is 17. The van der Waals surface area contributed by atoms with E-state index in [0.717, 1.165) is 13.8 Å². The molecule has 21 heteroatoms.